The molecular formula is C114H94N15O7PPt5SSi2-2. The molecule has 0 spiro atoms. The Morgan fingerprint density at radius 2 is 0.855 bits per heavy atom. The van der Waals surface area contributed by atoms with Crippen LogP contribution in [0.5, 0.6) is 75.5 Å². The van der Waals surface area contributed by atoms with Gasteiger partial charge >= 0.3 is 63.2 Å². The fourth-order valence-corrected chi connectivity index (χ4v) is 20.0. The summed E-state index contributed by atoms with van der Waals surface area (Å²) in [6.07, 6.45) is 11.0. The zero-order chi connectivity index (χ0) is 97.9. The minimum Gasteiger partial charge on any atom is -0.780 e. The van der Waals surface area contributed by atoms with Crippen molar-refractivity contribution >= 4 is 114 Å². The fraction of sp³-hybridized carbons (Fsp3) is 0.105. The number of pyridine rings is 10. The summed E-state index contributed by atoms with van der Waals surface area (Å²) < 4.78 is 34.3. The molecule has 1 atom stereocenters. The number of hydrogen-bond acceptors (Lipinski definition) is 21. The van der Waals surface area contributed by atoms with Gasteiger partial charge in [-0.05, 0) is 113 Å². The van der Waals surface area contributed by atoms with E-state index in [1.807, 2.05) is 244 Å². The molecule has 19 rings (SSSR count). The Labute approximate surface area is 926 Å². The average molecular weight is 2880 g/mol. The predicted octanol–water partition coefficient (Wildman–Crippen LogP) is 23.6. The summed E-state index contributed by atoms with van der Waals surface area (Å²) >= 11 is 5.62. The monoisotopic (exact) mass is 2880 g/mol. The van der Waals surface area contributed by atoms with Crippen LogP contribution in [0.3, 0.4) is 0 Å². The molecule has 145 heavy (non-hydrogen) atoms. The van der Waals surface area contributed by atoms with E-state index in [1.165, 1.54) is 21.0 Å². The molecule has 0 fully saturated rings. The summed E-state index contributed by atoms with van der Waals surface area (Å²) in [5.41, 5.74) is 7.14. The number of anilines is 4. The van der Waals surface area contributed by atoms with Crippen molar-refractivity contribution in [1.82, 2.24) is 54.8 Å². The second-order valence-corrected chi connectivity index (χ2v) is 45.2. The second-order valence-electron chi connectivity index (χ2n) is 33.5. The number of para-hydroxylation sites is 2. The van der Waals surface area contributed by atoms with Crippen LogP contribution in [-0.2, 0) is 128 Å². The third kappa shape index (κ3) is 31.8. The maximum Gasteiger partial charge on any atom is 2.00 e. The molecule has 1 unspecified atom stereocenters. The van der Waals surface area contributed by atoms with Crippen molar-refractivity contribution in [2.75, 3.05) is 23.9 Å². The minimum absolute atomic E-state index is 0. The molecule has 8 aromatic carbocycles. The van der Waals surface area contributed by atoms with Crippen LogP contribution in [0.2, 0.25) is 26.2 Å². The van der Waals surface area contributed by atoms with E-state index in [1.54, 1.807) is 110 Å². The van der Waals surface area contributed by atoms with E-state index in [4.69, 9.17) is 57.6 Å². The number of hydrogen-bond donors (Lipinski definition) is 1. The first kappa shape index (κ1) is 114. The third-order valence-electron chi connectivity index (χ3n) is 21.7. The van der Waals surface area contributed by atoms with Crippen LogP contribution in [0, 0.1) is 54.4 Å². The predicted molar refractivity (Wildman–Crippen MR) is 561 cm³/mol. The number of ether oxygens (including phenoxy) is 6. The molecule has 0 radical (unpaired) electrons. The maximum atomic E-state index is 9.92. The Bertz CT molecular complexity index is 7500. The number of phenolic OH excluding ortho intramolecular Hbond substituents is 1. The van der Waals surface area contributed by atoms with Gasteiger partial charge in [0.15, 0.2) is 0 Å². The zero-order valence-corrected chi connectivity index (χ0v) is 95.1. The average Bonchev–Trinajstić information content (AvgIpc) is 1.51. The number of nitriles is 1. The second kappa shape index (κ2) is 54.5. The van der Waals surface area contributed by atoms with E-state index < -0.39 is 16.1 Å². The Hall–Kier alpha value is -13.4. The number of aromatic hydroxyl groups is 1. The van der Waals surface area contributed by atoms with Crippen LogP contribution in [0.4, 0.5) is 23.0 Å². The van der Waals surface area contributed by atoms with Gasteiger partial charge in [0, 0.05) is 185 Å². The van der Waals surface area contributed by atoms with Gasteiger partial charge in [-0.15, -0.1) is 70.6 Å². The standard InChI is InChI=1S/C25H22N2O2P.C24H15N3O2.C23H29N2SSi2.C22H16N6.C20H13N2O3.5Pt/c1-25(2,30-21-12-4-3-5-13-21)22-14-9-16-24(27-22)29-20-11-8-10-19(18-20)28-23-15-6-7-17-26-23;1-2-10-20-17(7-1)15-22(26-20)21-11-6-13-24(27-21)29-19-9-5-8-18(16-19)28-23-12-3-4-14-25-23;1-23(2,26)20-13-10-15-22(25-20)28(5,6)19-12-9-11-18(17-19)27(3,4)21-14-7-8-16-24-21;1-24-16-17(15-23)20-10-7-12-22(26-20)28(3)19-9-6-8-18(14-19)27(2)21-11-4-5-13-25-21;23-17-8-3-5-14-10-11-19(22-20(14)17)25-16-7-4-6-15(13-16)24-18-9-1-2-12-21-18;;;;;/h3-17,30H,1-2H3;1-15H;7-16,26H,1-6H3;4-13H,2-3H3;1-12,23H;;;;;/q-1;-2;-1;-2;-1;;;3*+2/p-1. The van der Waals surface area contributed by atoms with Crippen molar-refractivity contribution in [2.24, 2.45) is 0 Å². The van der Waals surface area contributed by atoms with Crippen molar-refractivity contribution in [3.63, 3.8) is 0 Å². The quantitative estimate of drug-likeness (QED) is 0.0174. The SMILES string of the molecule is CC(C)(Pc1ccccc1)c1cccc(Oc2[c-]c(Oc3ccccn3)ccc2)n1.CC(C)([S-])c1cccc([Si](C)(C)c2[c-]c([Si](C)(C)c3ccccn3)ccc2)n1.Oc1cccc2ccc(Oc3[c-]c(Oc4ccccn4)ccc3)nc12.[C-]#[N+][C-]=C(C#N)c1cccc(N(C)c2[c-]c(N(C)c3ccccn3)ccc2)n1.[Pt+2].[Pt+2].[Pt+2].[Pt].[Pt].[c-]1c(Oc2ccccn2)cccc1Oc1cccc(-c2cc3ccccc3[n-]2)n1. The van der Waals surface area contributed by atoms with E-state index >= 15 is 0 Å². The van der Waals surface area contributed by atoms with Gasteiger partial charge in [0.2, 0.25) is 35.3 Å². The van der Waals surface area contributed by atoms with E-state index in [9.17, 15) is 10.4 Å². The summed E-state index contributed by atoms with van der Waals surface area (Å²) in [4.78, 5) is 56.1. The largest absolute Gasteiger partial charge is 2.00 e. The van der Waals surface area contributed by atoms with Crippen LogP contribution in [0.15, 0.2) is 377 Å². The van der Waals surface area contributed by atoms with E-state index in [0.29, 0.717) is 95.4 Å². The molecule has 0 aliphatic heterocycles. The Morgan fingerprint density at radius 1 is 0.421 bits per heavy atom. The number of fused-ring (bicyclic) bond motifs is 2. The van der Waals surface area contributed by atoms with E-state index in [0.717, 1.165) is 61.6 Å². The summed E-state index contributed by atoms with van der Waals surface area (Å²) in [6, 6.07) is 128. The molecule has 31 heteroatoms. The van der Waals surface area contributed by atoms with Gasteiger partial charge in [0.25, 0.3) is 0 Å². The topological polar surface area (TPSA) is 253 Å². The van der Waals surface area contributed by atoms with E-state index in [2.05, 4.69) is 193 Å². The van der Waals surface area contributed by atoms with Gasteiger partial charge in [-0.25, -0.2) is 39.9 Å². The third-order valence-corrected chi connectivity index (χ3v) is 29.8. The number of phenols is 1. The summed E-state index contributed by atoms with van der Waals surface area (Å²) in [6.45, 7) is 24.8. The molecular weight excluding hydrogens is 2790 g/mol. The van der Waals surface area contributed by atoms with E-state index in [-0.39, 0.29) is 127 Å². The minimum atomic E-state index is -1.99. The normalized spacial score (nSPS) is 10.9. The van der Waals surface area contributed by atoms with Crippen molar-refractivity contribution in [1.29, 1.82) is 5.26 Å². The molecule has 0 aliphatic carbocycles. The molecule has 0 saturated heterocycles. The number of benzene rings is 8. The first-order valence-corrected chi connectivity index (χ1v) is 51.9. The number of allylic oxidation sites excluding steroid dienone is 1. The summed E-state index contributed by atoms with van der Waals surface area (Å²) in [5.74, 6) is 7.42. The Kier molecular flexibility index (Phi) is 42.7. The maximum absolute atomic E-state index is 9.92. The molecule has 0 amide bonds. The van der Waals surface area contributed by atoms with Gasteiger partial charge in [-0.2, -0.15) is 64.2 Å². The summed E-state index contributed by atoms with van der Waals surface area (Å²) in [7, 11) is 0.528. The molecule has 11 heterocycles. The molecule has 19 aromatic rings. The molecule has 1 N–H and O–H groups in total. The smallest absolute Gasteiger partial charge is 0.780 e. The van der Waals surface area contributed by atoms with Crippen molar-refractivity contribution in [2.45, 2.75) is 63.8 Å². The van der Waals surface area contributed by atoms with Crippen molar-refractivity contribution in [3.8, 4) is 93.0 Å². The molecule has 0 saturated carbocycles. The van der Waals surface area contributed by atoms with Gasteiger partial charge < -0.3 is 65.8 Å². The van der Waals surface area contributed by atoms with Crippen LogP contribution in [0.1, 0.15) is 44.8 Å². The van der Waals surface area contributed by atoms with Gasteiger partial charge in [-0.1, -0.05) is 219 Å². The van der Waals surface area contributed by atoms with Crippen LogP contribution in [0.25, 0.3) is 43.6 Å². The van der Waals surface area contributed by atoms with Crippen LogP contribution >= 0.6 is 8.58 Å². The number of rotatable bonds is 26. The summed E-state index contributed by atoms with van der Waals surface area (Å²) in [5, 5.41) is 27.2. The molecule has 0 bridgehead atoms. The molecule has 22 nitrogen and oxygen atoms in total. The first-order chi connectivity index (χ1) is 67.9. The Morgan fingerprint density at radius 3 is 1.39 bits per heavy atom. The van der Waals surface area contributed by atoms with Gasteiger partial charge in [0.05, 0.1) is 23.2 Å². The fourth-order valence-electron chi connectivity index (χ4n) is 14.1. The van der Waals surface area contributed by atoms with Crippen molar-refractivity contribution < 1.29 is 139 Å². The van der Waals surface area contributed by atoms with Gasteiger partial charge in [0.1, 0.15) is 39.0 Å². The molecule has 738 valence electrons. The first-order valence-electron chi connectivity index (χ1n) is 44.5. The zero-order valence-electron chi connectivity index (χ0n) is 79.9. The van der Waals surface area contributed by atoms with Crippen LogP contribution < -0.4 is 69.5 Å². The van der Waals surface area contributed by atoms with Crippen LogP contribution in [-0.4, -0.2) is 85.2 Å². The van der Waals surface area contributed by atoms with Gasteiger partial charge in [-0.3, -0.25) is 16.5 Å². The number of aromatic nitrogens is 11. The van der Waals surface area contributed by atoms with Crippen molar-refractivity contribution in [3.05, 3.63) is 442 Å². The number of nitrogens with zero attached hydrogens (tertiary/aromatic N) is 15. The Balaban J connectivity index is 0.000000184. The molecule has 0 aliphatic rings. The molecule has 11 aromatic heterocycles.